The zero-order valence-electron chi connectivity index (χ0n) is 18.0. The number of hydrogen-bond acceptors (Lipinski definition) is 3. The van der Waals surface area contributed by atoms with Crippen molar-refractivity contribution in [3.8, 4) is 0 Å². The van der Waals surface area contributed by atoms with E-state index >= 15 is 0 Å². The normalized spacial score (nSPS) is 11.2. The molecule has 0 aliphatic heterocycles. The van der Waals surface area contributed by atoms with E-state index in [2.05, 4.69) is 5.32 Å². The molecule has 0 heterocycles. The molecule has 3 aromatic rings. The molecule has 0 bridgehead atoms. The summed E-state index contributed by atoms with van der Waals surface area (Å²) < 4.78 is 27.8. The number of rotatable bonds is 10. The fraction of sp³-hybridized carbons (Fsp3) is 0.240. The molecule has 0 aliphatic rings. The van der Waals surface area contributed by atoms with Crippen LogP contribution in [-0.4, -0.2) is 27.4 Å². The summed E-state index contributed by atoms with van der Waals surface area (Å²) in [5.74, 6) is -0.347. The van der Waals surface area contributed by atoms with Crippen molar-refractivity contribution in [3.05, 3.63) is 95.0 Å². The Morgan fingerprint density at radius 3 is 2.16 bits per heavy atom. The summed E-state index contributed by atoms with van der Waals surface area (Å²) in [6, 6.07) is 23.0. The second kappa shape index (κ2) is 11.2. The van der Waals surface area contributed by atoms with Gasteiger partial charge in [-0.25, -0.2) is 8.42 Å². The number of nitrogens with one attached hydrogen (secondary N) is 1. The van der Waals surface area contributed by atoms with Crippen molar-refractivity contribution in [2.24, 2.45) is 0 Å². The fourth-order valence-electron chi connectivity index (χ4n) is 3.29. The number of carbonyl (C=O) groups is 1. The van der Waals surface area contributed by atoms with Crippen molar-refractivity contribution < 1.29 is 13.2 Å². The molecule has 0 spiro atoms. The van der Waals surface area contributed by atoms with Crippen molar-refractivity contribution in [2.45, 2.75) is 31.1 Å². The minimum atomic E-state index is -3.89. The van der Waals surface area contributed by atoms with Gasteiger partial charge in [0.1, 0.15) is 6.54 Å². The summed E-state index contributed by atoms with van der Waals surface area (Å²) in [7, 11) is -3.89. The van der Waals surface area contributed by atoms with Crippen LogP contribution < -0.4 is 9.62 Å². The van der Waals surface area contributed by atoms with Crippen molar-refractivity contribution in [1.29, 1.82) is 0 Å². The molecule has 3 aromatic carbocycles. The van der Waals surface area contributed by atoms with E-state index in [-0.39, 0.29) is 17.3 Å². The molecule has 0 aliphatic carbocycles. The largest absolute Gasteiger partial charge is 0.355 e. The average Bonchev–Trinajstić information content (AvgIpc) is 2.82. The molecule has 168 valence electrons. The number of amides is 1. The predicted molar refractivity (Wildman–Crippen MR) is 130 cm³/mol. The number of sulfonamides is 1. The van der Waals surface area contributed by atoms with Crippen molar-refractivity contribution in [2.75, 3.05) is 17.4 Å². The molecule has 5 nitrogen and oxygen atoms in total. The summed E-state index contributed by atoms with van der Waals surface area (Å²) in [4.78, 5) is 12.8. The van der Waals surface area contributed by atoms with E-state index in [9.17, 15) is 13.2 Å². The monoisotopic (exact) mass is 470 g/mol. The van der Waals surface area contributed by atoms with Gasteiger partial charge in [-0.05, 0) is 66.8 Å². The number of hydrogen-bond donors (Lipinski definition) is 1. The molecule has 1 amide bonds. The maximum Gasteiger partial charge on any atom is 0.264 e. The van der Waals surface area contributed by atoms with Crippen LogP contribution in [0.4, 0.5) is 5.69 Å². The van der Waals surface area contributed by atoms with Gasteiger partial charge in [0.15, 0.2) is 0 Å². The summed E-state index contributed by atoms with van der Waals surface area (Å²) in [6.45, 7) is 2.20. The highest BCUT2D eigenvalue weighted by molar-refractivity contribution is 7.92. The van der Waals surface area contributed by atoms with E-state index in [4.69, 9.17) is 11.6 Å². The Kier molecular flexibility index (Phi) is 8.31. The molecule has 0 fully saturated rings. The van der Waals surface area contributed by atoms with Crippen molar-refractivity contribution in [1.82, 2.24) is 5.32 Å². The maximum absolute atomic E-state index is 13.3. The van der Waals surface area contributed by atoms with Crippen LogP contribution in [0.2, 0.25) is 5.02 Å². The molecule has 0 atom stereocenters. The van der Waals surface area contributed by atoms with Crippen LogP contribution in [0.1, 0.15) is 24.5 Å². The first-order valence-corrected chi connectivity index (χ1v) is 12.4. The van der Waals surface area contributed by atoms with E-state index in [0.29, 0.717) is 17.3 Å². The lowest BCUT2D eigenvalue weighted by Gasteiger charge is -2.24. The van der Waals surface area contributed by atoms with Gasteiger partial charge in [0.25, 0.3) is 10.0 Å². The first-order chi connectivity index (χ1) is 15.4. The number of anilines is 1. The molecule has 32 heavy (non-hydrogen) atoms. The average molecular weight is 471 g/mol. The summed E-state index contributed by atoms with van der Waals surface area (Å²) >= 11 is 5.90. The second-order valence-electron chi connectivity index (χ2n) is 7.42. The van der Waals surface area contributed by atoms with Crippen molar-refractivity contribution in [3.63, 3.8) is 0 Å². The zero-order valence-corrected chi connectivity index (χ0v) is 19.6. The van der Waals surface area contributed by atoms with E-state index in [1.54, 1.807) is 30.3 Å². The number of benzene rings is 3. The molecule has 7 heteroatoms. The van der Waals surface area contributed by atoms with E-state index in [0.717, 1.165) is 34.7 Å². The topological polar surface area (TPSA) is 66.5 Å². The molecular formula is C25H27ClN2O3S. The van der Waals surface area contributed by atoms with Crippen LogP contribution in [-0.2, 0) is 27.7 Å². The van der Waals surface area contributed by atoms with Crippen LogP contribution in [0.5, 0.6) is 0 Å². The number of carbonyl (C=O) groups excluding carboxylic acids is 1. The van der Waals surface area contributed by atoms with Gasteiger partial charge in [-0.1, -0.05) is 61.0 Å². The third-order valence-corrected chi connectivity index (χ3v) is 7.17. The Morgan fingerprint density at radius 2 is 1.53 bits per heavy atom. The van der Waals surface area contributed by atoms with E-state index < -0.39 is 10.0 Å². The van der Waals surface area contributed by atoms with Crippen LogP contribution in [0.3, 0.4) is 0 Å². The van der Waals surface area contributed by atoms with Gasteiger partial charge >= 0.3 is 0 Å². The predicted octanol–water partition coefficient (Wildman–Crippen LogP) is 4.85. The van der Waals surface area contributed by atoms with Gasteiger partial charge in [0.05, 0.1) is 10.6 Å². The molecule has 0 unspecified atom stereocenters. The number of nitrogens with zero attached hydrogens (tertiary/aromatic N) is 1. The van der Waals surface area contributed by atoms with Crippen LogP contribution >= 0.6 is 11.6 Å². The summed E-state index contributed by atoms with van der Waals surface area (Å²) in [5, 5.41) is 3.53. The van der Waals surface area contributed by atoms with Gasteiger partial charge < -0.3 is 5.32 Å². The molecule has 0 saturated heterocycles. The fourth-order valence-corrected chi connectivity index (χ4v) is 4.86. The Balaban J connectivity index is 1.69. The molecule has 3 rings (SSSR count). The second-order valence-corrected chi connectivity index (χ2v) is 9.72. The molecule has 0 saturated carbocycles. The Labute approximate surface area is 195 Å². The lowest BCUT2D eigenvalue weighted by atomic mass is 10.1. The van der Waals surface area contributed by atoms with Gasteiger partial charge in [0.2, 0.25) is 5.91 Å². The molecular weight excluding hydrogens is 444 g/mol. The highest BCUT2D eigenvalue weighted by atomic mass is 35.5. The van der Waals surface area contributed by atoms with Crippen LogP contribution in [0.25, 0.3) is 0 Å². The molecule has 1 N–H and O–H groups in total. The smallest absolute Gasteiger partial charge is 0.264 e. The zero-order chi connectivity index (χ0) is 23.0. The highest BCUT2D eigenvalue weighted by Gasteiger charge is 2.26. The lowest BCUT2D eigenvalue weighted by Crippen LogP contribution is -2.41. The van der Waals surface area contributed by atoms with E-state index in [1.165, 1.54) is 12.1 Å². The maximum atomic E-state index is 13.3. The minimum absolute atomic E-state index is 0.148. The van der Waals surface area contributed by atoms with Crippen molar-refractivity contribution >= 4 is 33.2 Å². The highest BCUT2D eigenvalue weighted by Crippen LogP contribution is 2.24. The van der Waals surface area contributed by atoms with Gasteiger partial charge in [-0.15, -0.1) is 0 Å². The summed E-state index contributed by atoms with van der Waals surface area (Å²) in [6.07, 6.45) is 2.38. The number of aryl methyl sites for hydroxylation is 2. The van der Waals surface area contributed by atoms with Gasteiger partial charge in [-0.3, -0.25) is 9.10 Å². The van der Waals surface area contributed by atoms with Gasteiger partial charge in [-0.2, -0.15) is 0 Å². The Hall–Kier alpha value is -2.83. The number of halogens is 1. The van der Waals surface area contributed by atoms with E-state index in [1.807, 2.05) is 43.3 Å². The Morgan fingerprint density at radius 1 is 0.906 bits per heavy atom. The minimum Gasteiger partial charge on any atom is -0.355 e. The lowest BCUT2D eigenvalue weighted by molar-refractivity contribution is -0.119. The Bertz CT molecular complexity index is 1120. The van der Waals surface area contributed by atoms with Crippen LogP contribution in [0.15, 0.2) is 83.8 Å². The third-order valence-electron chi connectivity index (χ3n) is 5.13. The third kappa shape index (κ3) is 6.34. The van der Waals surface area contributed by atoms with Gasteiger partial charge in [0, 0.05) is 11.6 Å². The first kappa shape index (κ1) is 23.8. The van der Waals surface area contributed by atoms with Crippen LogP contribution in [0, 0.1) is 0 Å². The standard InChI is InChI=1S/C25H27ClN2O3S/c1-2-20-12-16-23(17-13-20)28(32(30,31)24-8-4-3-5-9-24)19-25(29)27-18-6-7-21-10-14-22(26)15-11-21/h3-5,8-17H,2,6-7,18-19H2,1H3,(H,27,29). The molecule has 0 radical (unpaired) electrons. The first-order valence-electron chi connectivity index (χ1n) is 10.6. The molecule has 0 aromatic heterocycles. The SMILES string of the molecule is CCc1ccc(N(CC(=O)NCCCc2ccc(Cl)cc2)S(=O)(=O)c2ccccc2)cc1. The summed E-state index contributed by atoms with van der Waals surface area (Å²) in [5.41, 5.74) is 2.69. The quantitative estimate of drug-likeness (QED) is 0.431.